The van der Waals surface area contributed by atoms with E-state index in [4.69, 9.17) is 32.7 Å². The van der Waals surface area contributed by atoms with Gasteiger partial charge in [-0.3, -0.25) is 0 Å². The maximum atomic E-state index is 6.73. The predicted octanol–water partition coefficient (Wildman–Crippen LogP) is 2.33. The van der Waals surface area contributed by atoms with Crippen LogP contribution in [0.5, 0.6) is 11.5 Å². The van der Waals surface area contributed by atoms with Crippen LogP contribution in [0.3, 0.4) is 0 Å². The van der Waals surface area contributed by atoms with E-state index in [1.165, 1.54) is 9.36 Å². The second kappa shape index (κ2) is 7.64. The highest BCUT2D eigenvalue weighted by Gasteiger charge is 2.42. The molecule has 0 aliphatic rings. The van der Waals surface area contributed by atoms with Crippen LogP contribution in [-0.2, 0) is 4.33 Å². The smallest absolute Gasteiger partial charge is 0.240 e. The van der Waals surface area contributed by atoms with E-state index in [0.717, 1.165) is 0 Å². The van der Waals surface area contributed by atoms with Crippen LogP contribution in [0.25, 0.3) is 11.4 Å². The summed E-state index contributed by atoms with van der Waals surface area (Å²) in [5.74, 6) is 1.26. The Balaban J connectivity index is 1.86. The normalized spacial score (nSPS) is 11.4. The van der Waals surface area contributed by atoms with Crippen molar-refractivity contribution in [3.63, 3.8) is 0 Å². The van der Waals surface area contributed by atoms with E-state index in [1.807, 2.05) is 24.3 Å². The van der Waals surface area contributed by atoms with Crippen molar-refractivity contribution in [1.29, 1.82) is 0 Å². The lowest BCUT2D eigenvalue weighted by Crippen LogP contribution is -2.24. The standard InChI is InChI=1S/C17H14Cl2N8O2/c1-28-13-9-5-3-7-11(13)26-15(20-22-24-26)17(18,19)16-21-23-25-27(16)12-8-4-6-10-14(12)29-2/h3-10H,1-2H3. The molecule has 2 aromatic carbocycles. The zero-order chi connectivity index (χ0) is 20.4. The second-order valence-corrected chi connectivity index (χ2v) is 7.07. The molecule has 0 bridgehead atoms. The third-order valence-electron chi connectivity index (χ3n) is 4.13. The van der Waals surface area contributed by atoms with Gasteiger partial charge in [-0.1, -0.05) is 47.5 Å². The van der Waals surface area contributed by atoms with E-state index in [0.29, 0.717) is 22.9 Å². The quantitative estimate of drug-likeness (QED) is 0.427. The molecule has 2 aromatic heterocycles. The van der Waals surface area contributed by atoms with E-state index in [9.17, 15) is 0 Å². The number of hydrogen-bond donors (Lipinski definition) is 0. The van der Waals surface area contributed by atoms with Crippen LogP contribution in [0.1, 0.15) is 11.6 Å². The highest BCUT2D eigenvalue weighted by molar-refractivity contribution is 6.49. The third-order valence-corrected chi connectivity index (χ3v) is 4.80. The van der Waals surface area contributed by atoms with Crippen molar-refractivity contribution in [3.8, 4) is 22.9 Å². The molecule has 0 saturated heterocycles. The molecule has 0 aliphatic carbocycles. The molecule has 0 amide bonds. The van der Waals surface area contributed by atoms with E-state index < -0.39 is 4.33 Å². The van der Waals surface area contributed by atoms with Crippen LogP contribution < -0.4 is 9.47 Å². The zero-order valence-corrected chi connectivity index (χ0v) is 16.8. The molecule has 0 N–H and O–H groups in total. The van der Waals surface area contributed by atoms with Gasteiger partial charge in [-0.25, -0.2) is 0 Å². The number of methoxy groups -OCH3 is 2. The molecule has 2 heterocycles. The van der Waals surface area contributed by atoms with Crippen molar-refractivity contribution in [2.24, 2.45) is 0 Å². The molecular formula is C17H14Cl2N8O2. The predicted molar refractivity (Wildman–Crippen MR) is 104 cm³/mol. The molecule has 0 aliphatic heterocycles. The van der Waals surface area contributed by atoms with E-state index >= 15 is 0 Å². The topological polar surface area (TPSA) is 106 Å². The van der Waals surface area contributed by atoms with E-state index in [1.54, 1.807) is 38.5 Å². The summed E-state index contributed by atoms with van der Waals surface area (Å²) in [5, 5.41) is 23.5. The van der Waals surface area contributed by atoms with Crippen molar-refractivity contribution in [2.75, 3.05) is 14.2 Å². The average Bonchev–Trinajstić information content (AvgIpc) is 3.44. The van der Waals surface area contributed by atoms with Crippen LogP contribution in [-0.4, -0.2) is 54.6 Å². The van der Waals surface area contributed by atoms with Gasteiger partial charge < -0.3 is 9.47 Å². The summed E-state index contributed by atoms with van der Waals surface area (Å²) in [5.41, 5.74) is 1.11. The largest absolute Gasteiger partial charge is 0.494 e. The molecule has 148 valence electrons. The Morgan fingerprint density at radius 3 is 1.55 bits per heavy atom. The van der Waals surface area contributed by atoms with Crippen molar-refractivity contribution < 1.29 is 9.47 Å². The van der Waals surface area contributed by atoms with Crippen molar-refractivity contribution in [1.82, 2.24) is 40.4 Å². The van der Waals surface area contributed by atoms with Crippen molar-refractivity contribution >= 4 is 23.2 Å². The summed E-state index contributed by atoms with van der Waals surface area (Å²) in [4.78, 5) is 0. The number of rotatable bonds is 6. The summed E-state index contributed by atoms with van der Waals surface area (Å²) in [6.07, 6.45) is 0. The van der Waals surface area contributed by atoms with Gasteiger partial charge in [-0.2, -0.15) is 9.36 Å². The first-order chi connectivity index (χ1) is 14.1. The Morgan fingerprint density at radius 1 is 0.724 bits per heavy atom. The highest BCUT2D eigenvalue weighted by Crippen LogP contribution is 2.40. The fourth-order valence-corrected chi connectivity index (χ4v) is 3.27. The first kappa shape index (κ1) is 19.1. The molecule has 12 heteroatoms. The van der Waals surface area contributed by atoms with Gasteiger partial charge in [0.1, 0.15) is 22.9 Å². The van der Waals surface area contributed by atoms with Crippen LogP contribution in [0, 0.1) is 0 Å². The third kappa shape index (κ3) is 3.26. The maximum absolute atomic E-state index is 6.73. The number of para-hydroxylation sites is 4. The Bertz CT molecular complexity index is 1060. The van der Waals surface area contributed by atoms with E-state index in [-0.39, 0.29) is 11.6 Å². The molecule has 0 atom stereocenters. The summed E-state index contributed by atoms with van der Waals surface area (Å²) in [6.45, 7) is 0. The molecule has 0 unspecified atom stereocenters. The fourth-order valence-electron chi connectivity index (χ4n) is 2.80. The number of tetrazole rings is 2. The monoisotopic (exact) mass is 432 g/mol. The minimum absolute atomic E-state index is 0.0938. The number of hydrogen-bond acceptors (Lipinski definition) is 8. The lowest BCUT2D eigenvalue weighted by molar-refractivity contribution is 0.410. The summed E-state index contributed by atoms with van der Waals surface area (Å²) >= 11 is 13.5. The number of benzene rings is 2. The Kier molecular flexibility index (Phi) is 5.03. The van der Waals surface area contributed by atoms with Crippen LogP contribution in [0.2, 0.25) is 0 Å². The molecule has 0 radical (unpaired) electrons. The zero-order valence-electron chi connectivity index (χ0n) is 15.3. The minimum Gasteiger partial charge on any atom is -0.494 e. The molecule has 0 spiro atoms. The fraction of sp³-hybridized carbons (Fsp3) is 0.176. The second-order valence-electron chi connectivity index (χ2n) is 5.75. The van der Waals surface area contributed by atoms with Gasteiger partial charge in [0.05, 0.1) is 14.2 Å². The molecule has 29 heavy (non-hydrogen) atoms. The lowest BCUT2D eigenvalue weighted by atomic mass is 10.2. The van der Waals surface area contributed by atoms with Gasteiger partial charge in [0.15, 0.2) is 0 Å². The average molecular weight is 433 g/mol. The van der Waals surface area contributed by atoms with Crippen molar-refractivity contribution in [3.05, 3.63) is 60.2 Å². The van der Waals surface area contributed by atoms with Crippen molar-refractivity contribution in [2.45, 2.75) is 4.33 Å². The Hall–Kier alpha value is -3.24. The Morgan fingerprint density at radius 2 is 1.14 bits per heavy atom. The number of halogens is 2. The Labute approximate surface area is 174 Å². The molecule has 10 nitrogen and oxygen atoms in total. The van der Waals surface area contributed by atoms with Gasteiger partial charge >= 0.3 is 0 Å². The molecule has 0 saturated carbocycles. The summed E-state index contributed by atoms with van der Waals surface area (Å²) in [7, 11) is 3.08. The first-order valence-electron chi connectivity index (χ1n) is 8.30. The number of aromatic nitrogens is 8. The molecular weight excluding hydrogens is 419 g/mol. The highest BCUT2D eigenvalue weighted by atomic mass is 35.5. The van der Waals surface area contributed by atoms with E-state index in [2.05, 4.69) is 31.1 Å². The van der Waals surface area contributed by atoms with Crippen LogP contribution in [0.15, 0.2) is 48.5 Å². The number of alkyl halides is 2. The minimum atomic E-state index is -1.80. The summed E-state index contributed by atoms with van der Waals surface area (Å²) in [6, 6.07) is 14.3. The van der Waals surface area contributed by atoms with Gasteiger partial charge in [-0.15, -0.1) is 10.2 Å². The van der Waals surface area contributed by atoms with Crippen LogP contribution >= 0.6 is 23.2 Å². The lowest BCUT2D eigenvalue weighted by Gasteiger charge is -2.19. The van der Waals surface area contributed by atoms with Gasteiger partial charge in [-0.05, 0) is 45.1 Å². The van der Waals surface area contributed by atoms with Crippen LogP contribution in [0.4, 0.5) is 0 Å². The number of nitrogens with zero attached hydrogens (tertiary/aromatic N) is 8. The van der Waals surface area contributed by atoms with Gasteiger partial charge in [0.25, 0.3) is 0 Å². The SMILES string of the molecule is COc1ccccc1-n1nnnc1C(Cl)(Cl)c1nnnn1-c1ccccc1OC. The first-order valence-corrected chi connectivity index (χ1v) is 9.05. The summed E-state index contributed by atoms with van der Waals surface area (Å²) < 4.78 is 11.7. The molecule has 0 fully saturated rings. The van der Waals surface area contributed by atoms with Gasteiger partial charge in [0.2, 0.25) is 16.0 Å². The molecule has 4 aromatic rings. The molecule has 4 rings (SSSR count). The maximum Gasteiger partial charge on any atom is 0.240 e. The number of ether oxygens (including phenoxy) is 2. The van der Waals surface area contributed by atoms with Gasteiger partial charge in [0, 0.05) is 0 Å².